The maximum atomic E-state index is 12.4. The van der Waals surface area contributed by atoms with Crippen LogP contribution in [0.2, 0.25) is 5.02 Å². The van der Waals surface area contributed by atoms with Crippen molar-refractivity contribution in [2.75, 3.05) is 18.1 Å². The molecule has 170 valence electrons. The van der Waals surface area contributed by atoms with Crippen molar-refractivity contribution in [1.29, 1.82) is 0 Å². The van der Waals surface area contributed by atoms with E-state index in [-0.39, 0.29) is 41.7 Å². The van der Waals surface area contributed by atoms with Gasteiger partial charge in [-0.25, -0.2) is 13.2 Å². The number of amidine groups is 1. The van der Waals surface area contributed by atoms with E-state index in [2.05, 4.69) is 10.3 Å². The highest BCUT2D eigenvalue weighted by molar-refractivity contribution is 8.15. The molecule has 0 unspecified atom stereocenters. The van der Waals surface area contributed by atoms with Crippen LogP contribution in [0.5, 0.6) is 0 Å². The summed E-state index contributed by atoms with van der Waals surface area (Å²) in [5.41, 5.74) is 0.330. The van der Waals surface area contributed by atoms with E-state index in [4.69, 9.17) is 16.3 Å². The summed E-state index contributed by atoms with van der Waals surface area (Å²) in [6.07, 6.45) is -0.571. The van der Waals surface area contributed by atoms with Crippen molar-refractivity contribution >= 4 is 50.4 Å². The molecule has 0 aliphatic carbocycles. The molecule has 1 N–H and O–H groups in total. The Kier molecular flexibility index (Phi) is 7.22. The van der Waals surface area contributed by atoms with Crippen molar-refractivity contribution < 1.29 is 22.7 Å². The molecular formula is C20H26ClN3O5S2. The largest absolute Gasteiger partial charge is 0.444 e. The molecule has 2 amide bonds. The van der Waals surface area contributed by atoms with Gasteiger partial charge in [0.15, 0.2) is 15.0 Å². The fourth-order valence-electron chi connectivity index (χ4n) is 3.36. The highest BCUT2D eigenvalue weighted by Crippen LogP contribution is 2.39. The van der Waals surface area contributed by atoms with E-state index in [9.17, 15) is 18.0 Å². The van der Waals surface area contributed by atoms with Crippen LogP contribution in [0.3, 0.4) is 0 Å². The highest BCUT2D eigenvalue weighted by atomic mass is 35.5. The van der Waals surface area contributed by atoms with Gasteiger partial charge in [-0.15, -0.1) is 0 Å². The third kappa shape index (κ3) is 6.85. The molecule has 0 bridgehead atoms. The quantitative estimate of drug-likeness (QED) is 0.680. The fourth-order valence-corrected chi connectivity index (χ4v) is 7.45. The van der Waals surface area contributed by atoms with E-state index in [0.717, 1.165) is 5.56 Å². The minimum absolute atomic E-state index is 0.0196. The number of carbonyl (C=O) groups is 2. The first kappa shape index (κ1) is 23.9. The van der Waals surface area contributed by atoms with E-state index in [0.29, 0.717) is 16.7 Å². The lowest BCUT2D eigenvalue weighted by molar-refractivity contribution is -0.117. The van der Waals surface area contributed by atoms with Gasteiger partial charge in [-0.05, 0) is 38.5 Å². The maximum Gasteiger partial charge on any atom is 0.407 e. The average Bonchev–Trinajstić information content (AvgIpc) is 3.07. The Bertz CT molecular complexity index is 974. The van der Waals surface area contributed by atoms with Crippen molar-refractivity contribution in [2.45, 2.75) is 50.6 Å². The zero-order chi connectivity index (χ0) is 22.8. The summed E-state index contributed by atoms with van der Waals surface area (Å²) in [5, 5.41) is 3.52. The summed E-state index contributed by atoms with van der Waals surface area (Å²) < 4.78 is 29.3. The fraction of sp³-hybridized carbons (Fsp3) is 0.550. The lowest BCUT2D eigenvalue weighted by atomic mass is 10.1. The van der Waals surface area contributed by atoms with Gasteiger partial charge in [0.2, 0.25) is 5.91 Å². The lowest BCUT2D eigenvalue weighted by Gasteiger charge is -2.24. The molecule has 0 aromatic heterocycles. The van der Waals surface area contributed by atoms with Crippen LogP contribution in [-0.2, 0) is 25.9 Å². The van der Waals surface area contributed by atoms with Gasteiger partial charge in [0, 0.05) is 29.8 Å². The summed E-state index contributed by atoms with van der Waals surface area (Å²) in [5.74, 6) is -0.263. The van der Waals surface area contributed by atoms with Crippen LogP contribution in [0, 0.1) is 0 Å². The number of thioether (sulfide) groups is 1. The first-order valence-corrected chi connectivity index (χ1v) is 13.0. The molecule has 2 aliphatic rings. The highest BCUT2D eigenvalue weighted by Gasteiger charge is 2.48. The lowest BCUT2D eigenvalue weighted by Crippen LogP contribution is -2.37. The number of rotatable bonds is 5. The van der Waals surface area contributed by atoms with E-state index >= 15 is 0 Å². The molecule has 2 fully saturated rings. The summed E-state index contributed by atoms with van der Waals surface area (Å²) in [7, 11) is -3.11. The second-order valence-electron chi connectivity index (χ2n) is 8.52. The molecule has 0 spiro atoms. The van der Waals surface area contributed by atoms with Crippen molar-refractivity contribution in [3.63, 3.8) is 0 Å². The number of ether oxygens (including phenoxy) is 1. The summed E-state index contributed by atoms with van der Waals surface area (Å²) in [6.45, 7) is 5.81. The van der Waals surface area contributed by atoms with Crippen LogP contribution in [0.1, 0.15) is 32.8 Å². The predicted octanol–water partition coefficient (Wildman–Crippen LogP) is 2.85. The van der Waals surface area contributed by atoms with Gasteiger partial charge in [0.25, 0.3) is 0 Å². The Hall–Kier alpha value is -1.78. The van der Waals surface area contributed by atoms with Crippen LogP contribution in [0.4, 0.5) is 4.79 Å². The molecule has 2 atom stereocenters. The third-order valence-electron chi connectivity index (χ3n) is 4.67. The van der Waals surface area contributed by atoms with Gasteiger partial charge < -0.3 is 15.0 Å². The molecule has 0 saturated carbocycles. The minimum Gasteiger partial charge on any atom is -0.444 e. The molecule has 1 aromatic rings. The molecule has 8 nitrogen and oxygen atoms in total. The van der Waals surface area contributed by atoms with Gasteiger partial charge >= 0.3 is 6.09 Å². The van der Waals surface area contributed by atoms with E-state index in [1.54, 1.807) is 32.9 Å². The number of aliphatic imine (C=N–C) groups is 1. The number of nitrogens with zero attached hydrogens (tertiary/aromatic N) is 2. The first-order valence-electron chi connectivity index (χ1n) is 9.88. The predicted molar refractivity (Wildman–Crippen MR) is 122 cm³/mol. The van der Waals surface area contributed by atoms with E-state index in [1.807, 2.05) is 17.0 Å². The van der Waals surface area contributed by atoms with Gasteiger partial charge in [-0.1, -0.05) is 35.5 Å². The van der Waals surface area contributed by atoms with Gasteiger partial charge in [0.1, 0.15) is 5.60 Å². The molecule has 0 radical (unpaired) electrons. The number of carbonyl (C=O) groups excluding carboxylic acids is 2. The molecule has 31 heavy (non-hydrogen) atoms. The van der Waals surface area contributed by atoms with Crippen molar-refractivity contribution in [1.82, 2.24) is 10.2 Å². The Morgan fingerprint density at radius 2 is 1.94 bits per heavy atom. The number of fused-ring (bicyclic) bond motifs is 1. The molecule has 2 heterocycles. The normalized spacial score (nSPS) is 23.6. The Morgan fingerprint density at radius 1 is 1.26 bits per heavy atom. The minimum atomic E-state index is -3.11. The SMILES string of the molecule is CC(C)(C)OC(=O)NCCC(=O)N=C1S[C@H]2CS(=O)(=O)C[C@@H]2N1Cc1ccc(Cl)cc1. The number of sulfone groups is 1. The number of halogens is 1. The van der Waals surface area contributed by atoms with Crippen LogP contribution in [0.25, 0.3) is 0 Å². The van der Waals surface area contributed by atoms with Crippen molar-refractivity contribution in [3.8, 4) is 0 Å². The Labute approximate surface area is 191 Å². The zero-order valence-corrected chi connectivity index (χ0v) is 20.0. The second-order valence-corrected chi connectivity index (χ2v) is 12.3. The van der Waals surface area contributed by atoms with Gasteiger partial charge in [0.05, 0.1) is 17.5 Å². The molecule has 11 heteroatoms. The standard InChI is InChI=1S/C20H26ClN3O5S2/c1-20(2,3)29-19(26)22-9-8-17(25)23-18-24(10-13-4-6-14(21)7-5-13)15-11-31(27,28)12-16(15)30-18/h4-7,15-16H,8-12H2,1-3H3,(H,22,26)/t15-,16-/m0/s1. The van der Waals surface area contributed by atoms with Gasteiger partial charge in [-0.3, -0.25) is 4.79 Å². The van der Waals surface area contributed by atoms with Crippen LogP contribution in [-0.4, -0.2) is 65.4 Å². The number of hydrogen-bond donors (Lipinski definition) is 1. The number of hydrogen-bond acceptors (Lipinski definition) is 6. The smallest absolute Gasteiger partial charge is 0.407 e. The van der Waals surface area contributed by atoms with Crippen LogP contribution < -0.4 is 5.32 Å². The number of amides is 2. The first-order chi connectivity index (χ1) is 14.4. The van der Waals surface area contributed by atoms with Crippen molar-refractivity contribution in [3.05, 3.63) is 34.9 Å². The number of nitrogens with one attached hydrogen (secondary N) is 1. The zero-order valence-electron chi connectivity index (χ0n) is 17.6. The second kappa shape index (κ2) is 9.38. The molecule has 2 saturated heterocycles. The van der Waals surface area contributed by atoms with Crippen molar-refractivity contribution in [2.24, 2.45) is 4.99 Å². The van der Waals surface area contributed by atoms with Crippen LogP contribution >= 0.6 is 23.4 Å². The van der Waals surface area contributed by atoms with Crippen LogP contribution in [0.15, 0.2) is 29.3 Å². The summed E-state index contributed by atoms with van der Waals surface area (Å²) in [4.78, 5) is 30.2. The maximum absolute atomic E-state index is 12.4. The number of alkyl carbamates (subject to hydrolysis) is 1. The summed E-state index contributed by atoms with van der Waals surface area (Å²) in [6, 6.07) is 7.06. The monoisotopic (exact) mass is 487 g/mol. The van der Waals surface area contributed by atoms with E-state index in [1.165, 1.54) is 11.8 Å². The molecule has 1 aromatic carbocycles. The number of benzene rings is 1. The molecule has 3 rings (SSSR count). The topological polar surface area (TPSA) is 105 Å². The molecule has 2 aliphatic heterocycles. The Balaban J connectivity index is 1.66. The summed E-state index contributed by atoms with van der Waals surface area (Å²) >= 11 is 7.28. The Morgan fingerprint density at radius 3 is 2.58 bits per heavy atom. The van der Waals surface area contributed by atoms with Gasteiger partial charge in [-0.2, -0.15) is 4.99 Å². The molecular weight excluding hydrogens is 462 g/mol. The third-order valence-corrected chi connectivity index (χ3v) is 8.17. The van der Waals surface area contributed by atoms with E-state index < -0.39 is 21.5 Å². The average molecular weight is 488 g/mol.